The van der Waals surface area contributed by atoms with Gasteiger partial charge in [-0.1, -0.05) is 18.5 Å². The summed E-state index contributed by atoms with van der Waals surface area (Å²) in [5.74, 6) is 0.448. The van der Waals surface area contributed by atoms with Crippen LogP contribution in [0.25, 0.3) is 0 Å². The normalized spacial score (nSPS) is 17.5. The highest BCUT2D eigenvalue weighted by molar-refractivity contribution is 7.91. The summed E-state index contributed by atoms with van der Waals surface area (Å²) in [6.07, 6.45) is 2.90. The molecule has 1 aliphatic heterocycles. The number of piperidine rings is 1. The Hall–Kier alpha value is -0.140. The van der Waals surface area contributed by atoms with E-state index in [0.29, 0.717) is 27.6 Å². The smallest absolute Gasteiger partial charge is 0.252 e. The van der Waals surface area contributed by atoms with E-state index in [0.717, 1.165) is 49.3 Å². The highest BCUT2D eigenvalue weighted by atomic mass is 35.5. The predicted molar refractivity (Wildman–Crippen MR) is 88.7 cm³/mol. The molecular formula is C14H23ClN2O2S2. The van der Waals surface area contributed by atoms with Crippen LogP contribution in [0, 0.1) is 12.8 Å². The van der Waals surface area contributed by atoms with Gasteiger partial charge >= 0.3 is 0 Å². The first kappa shape index (κ1) is 17.2. The molecule has 0 spiro atoms. The zero-order chi connectivity index (χ0) is 15.5. The van der Waals surface area contributed by atoms with Gasteiger partial charge in [0, 0.05) is 13.1 Å². The number of sulfonamides is 1. The second-order valence-electron chi connectivity index (χ2n) is 5.58. The van der Waals surface area contributed by atoms with Crippen LogP contribution in [0.15, 0.2) is 10.3 Å². The summed E-state index contributed by atoms with van der Waals surface area (Å²) in [5.41, 5.74) is 0.832. The Bertz CT molecular complexity index is 546. The van der Waals surface area contributed by atoms with E-state index in [4.69, 9.17) is 11.6 Å². The minimum absolute atomic E-state index is 0.368. The largest absolute Gasteiger partial charge is 0.317 e. The molecule has 1 aliphatic rings. The Morgan fingerprint density at radius 2 is 2.10 bits per heavy atom. The van der Waals surface area contributed by atoms with Crippen molar-refractivity contribution in [2.75, 3.05) is 26.2 Å². The van der Waals surface area contributed by atoms with Gasteiger partial charge in [-0.05, 0) is 56.8 Å². The number of nitrogens with one attached hydrogen (secondary N) is 1. The molecule has 0 radical (unpaired) electrons. The van der Waals surface area contributed by atoms with Gasteiger partial charge in [-0.2, -0.15) is 4.31 Å². The average molecular weight is 351 g/mol. The molecule has 0 atom stereocenters. The first-order chi connectivity index (χ1) is 9.95. The van der Waals surface area contributed by atoms with E-state index >= 15 is 0 Å². The third-order valence-corrected chi connectivity index (χ3v) is 7.69. The fraction of sp³-hybridized carbons (Fsp3) is 0.714. The SMILES string of the molecule is CCCN(CC1CCNCC1)S(=O)(=O)c1cc(C)c(Cl)s1. The molecule has 2 heterocycles. The third kappa shape index (κ3) is 4.20. The topological polar surface area (TPSA) is 49.4 Å². The van der Waals surface area contributed by atoms with Crippen LogP contribution in [0.1, 0.15) is 31.7 Å². The number of hydrogen-bond acceptors (Lipinski definition) is 4. The van der Waals surface area contributed by atoms with E-state index in [1.165, 1.54) is 0 Å². The summed E-state index contributed by atoms with van der Waals surface area (Å²) in [6, 6.07) is 1.69. The van der Waals surface area contributed by atoms with Crippen molar-refractivity contribution in [2.45, 2.75) is 37.3 Å². The van der Waals surface area contributed by atoms with Gasteiger partial charge < -0.3 is 5.32 Å². The summed E-state index contributed by atoms with van der Waals surface area (Å²) < 4.78 is 28.2. The molecule has 1 fully saturated rings. The Morgan fingerprint density at radius 3 is 2.62 bits per heavy atom. The third-order valence-electron chi connectivity index (χ3n) is 3.82. The van der Waals surface area contributed by atoms with Crippen LogP contribution in [0.3, 0.4) is 0 Å². The maximum atomic E-state index is 12.8. The summed E-state index contributed by atoms with van der Waals surface area (Å²) in [7, 11) is -3.42. The number of aryl methyl sites for hydroxylation is 1. The predicted octanol–water partition coefficient (Wildman–Crippen LogP) is 3.11. The van der Waals surface area contributed by atoms with Gasteiger partial charge in [-0.15, -0.1) is 11.3 Å². The minimum Gasteiger partial charge on any atom is -0.317 e. The van der Waals surface area contributed by atoms with Crippen LogP contribution in [-0.2, 0) is 10.0 Å². The Labute approximate surface area is 136 Å². The van der Waals surface area contributed by atoms with Crippen LogP contribution < -0.4 is 5.32 Å². The van der Waals surface area contributed by atoms with Crippen molar-refractivity contribution < 1.29 is 8.42 Å². The Kier molecular flexibility index (Phi) is 6.08. The van der Waals surface area contributed by atoms with E-state index in [1.807, 2.05) is 13.8 Å². The lowest BCUT2D eigenvalue weighted by molar-refractivity contribution is 0.288. The first-order valence-electron chi connectivity index (χ1n) is 7.42. The molecule has 120 valence electrons. The van der Waals surface area contributed by atoms with Gasteiger partial charge in [-0.25, -0.2) is 8.42 Å². The zero-order valence-corrected chi connectivity index (χ0v) is 15.0. The fourth-order valence-electron chi connectivity index (χ4n) is 2.60. The van der Waals surface area contributed by atoms with Crippen LogP contribution in [0.4, 0.5) is 0 Å². The molecular weight excluding hydrogens is 328 g/mol. The zero-order valence-electron chi connectivity index (χ0n) is 12.6. The summed E-state index contributed by atoms with van der Waals surface area (Å²) in [4.78, 5) is 0. The number of rotatable bonds is 6. The second-order valence-corrected chi connectivity index (χ2v) is 9.40. The number of thiophene rings is 1. The van der Waals surface area contributed by atoms with Gasteiger partial charge in [0.25, 0.3) is 10.0 Å². The lowest BCUT2D eigenvalue weighted by atomic mass is 9.98. The molecule has 21 heavy (non-hydrogen) atoms. The van der Waals surface area contributed by atoms with Crippen molar-refractivity contribution in [1.29, 1.82) is 0 Å². The maximum Gasteiger partial charge on any atom is 0.252 e. The van der Waals surface area contributed by atoms with Gasteiger partial charge in [0.2, 0.25) is 0 Å². The Balaban J connectivity index is 2.18. The molecule has 1 saturated heterocycles. The van der Waals surface area contributed by atoms with E-state index < -0.39 is 10.0 Å². The number of nitrogens with zero attached hydrogens (tertiary/aromatic N) is 1. The van der Waals surface area contributed by atoms with Crippen molar-refractivity contribution in [3.63, 3.8) is 0 Å². The monoisotopic (exact) mass is 350 g/mol. The van der Waals surface area contributed by atoms with Crippen molar-refractivity contribution in [3.8, 4) is 0 Å². The molecule has 0 aromatic carbocycles. The highest BCUT2D eigenvalue weighted by Gasteiger charge is 2.29. The van der Waals surface area contributed by atoms with Crippen LogP contribution in [0.5, 0.6) is 0 Å². The fourth-order valence-corrected chi connectivity index (χ4v) is 6.07. The van der Waals surface area contributed by atoms with Crippen molar-refractivity contribution >= 4 is 33.0 Å². The Morgan fingerprint density at radius 1 is 1.43 bits per heavy atom. The van der Waals surface area contributed by atoms with Crippen LogP contribution in [-0.4, -0.2) is 38.9 Å². The highest BCUT2D eigenvalue weighted by Crippen LogP contribution is 2.32. The molecule has 0 amide bonds. The van der Waals surface area contributed by atoms with Gasteiger partial charge in [-0.3, -0.25) is 0 Å². The van der Waals surface area contributed by atoms with E-state index in [9.17, 15) is 8.42 Å². The van der Waals surface area contributed by atoms with Gasteiger partial charge in [0.1, 0.15) is 4.21 Å². The summed E-state index contributed by atoms with van der Waals surface area (Å²) >= 11 is 7.20. The molecule has 0 saturated carbocycles. The van der Waals surface area contributed by atoms with E-state index in [-0.39, 0.29) is 0 Å². The van der Waals surface area contributed by atoms with Crippen molar-refractivity contribution in [2.24, 2.45) is 5.92 Å². The molecule has 1 aromatic heterocycles. The molecule has 0 unspecified atom stereocenters. The minimum atomic E-state index is -3.42. The lowest BCUT2D eigenvalue weighted by Crippen LogP contribution is -2.39. The molecule has 4 nitrogen and oxygen atoms in total. The summed E-state index contributed by atoms with van der Waals surface area (Å²) in [6.45, 7) is 7.00. The number of halogens is 1. The molecule has 1 N–H and O–H groups in total. The second kappa shape index (κ2) is 7.42. The molecule has 1 aromatic rings. The van der Waals surface area contributed by atoms with Gasteiger partial charge in [0.05, 0.1) is 4.34 Å². The summed E-state index contributed by atoms with van der Waals surface area (Å²) in [5, 5.41) is 3.32. The average Bonchev–Trinajstić information content (AvgIpc) is 2.80. The van der Waals surface area contributed by atoms with E-state index in [2.05, 4.69) is 5.32 Å². The lowest BCUT2D eigenvalue weighted by Gasteiger charge is -2.29. The van der Waals surface area contributed by atoms with Crippen molar-refractivity contribution in [1.82, 2.24) is 9.62 Å². The number of hydrogen-bond donors (Lipinski definition) is 1. The van der Waals surface area contributed by atoms with Crippen LogP contribution >= 0.6 is 22.9 Å². The first-order valence-corrected chi connectivity index (χ1v) is 10.1. The van der Waals surface area contributed by atoms with E-state index in [1.54, 1.807) is 10.4 Å². The maximum absolute atomic E-state index is 12.8. The molecule has 7 heteroatoms. The van der Waals surface area contributed by atoms with Crippen molar-refractivity contribution in [3.05, 3.63) is 16.0 Å². The molecule has 2 rings (SSSR count). The molecule has 0 aliphatic carbocycles. The molecule has 0 bridgehead atoms. The van der Waals surface area contributed by atoms with Gasteiger partial charge in [0.15, 0.2) is 0 Å². The standard InChI is InChI=1S/C14H23ClN2O2S2/c1-3-8-17(10-12-4-6-16-7-5-12)21(18,19)13-9-11(2)14(15)20-13/h9,12,16H,3-8,10H2,1-2H3. The quantitative estimate of drug-likeness (QED) is 0.857. The van der Waals surface area contributed by atoms with Crippen LogP contribution in [0.2, 0.25) is 4.34 Å².